The topological polar surface area (TPSA) is 82.4 Å². The van der Waals surface area contributed by atoms with Gasteiger partial charge in [0.25, 0.3) is 5.91 Å². The fourth-order valence-electron chi connectivity index (χ4n) is 2.83. The number of amides is 2. The van der Waals surface area contributed by atoms with Gasteiger partial charge in [0.2, 0.25) is 5.91 Å². The van der Waals surface area contributed by atoms with Crippen LogP contribution in [0, 0.1) is 17.2 Å². The monoisotopic (exact) mass is 349 g/mol. The van der Waals surface area contributed by atoms with E-state index in [0.29, 0.717) is 36.0 Å². The van der Waals surface area contributed by atoms with Crippen molar-refractivity contribution < 1.29 is 14.3 Å². The molecule has 0 spiro atoms. The van der Waals surface area contributed by atoms with Gasteiger partial charge in [-0.15, -0.1) is 0 Å². The molecular formula is C17H20ClN3O3. The number of ether oxygens (including phenoxy) is 1. The zero-order chi connectivity index (χ0) is 17.5. The Morgan fingerprint density at radius 2 is 2.29 bits per heavy atom. The number of carbonyl (C=O) groups excluding carboxylic acids is 2. The van der Waals surface area contributed by atoms with E-state index in [0.717, 1.165) is 12.8 Å². The second-order valence-electron chi connectivity index (χ2n) is 5.74. The lowest BCUT2D eigenvalue weighted by molar-refractivity contribution is -0.120. The van der Waals surface area contributed by atoms with Crippen LogP contribution in [0.2, 0.25) is 5.02 Å². The molecule has 0 aromatic heterocycles. The maximum Gasteiger partial charge on any atom is 0.257 e. The Kier molecular flexibility index (Phi) is 6.44. The van der Waals surface area contributed by atoms with Crippen LogP contribution in [0.4, 0.5) is 0 Å². The van der Waals surface area contributed by atoms with Gasteiger partial charge in [0.05, 0.1) is 18.7 Å². The first-order valence-corrected chi connectivity index (χ1v) is 8.19. The van der Waals surface area contributed by atoms with E-state index < -0.39 is 0 Å². The average Bonchev–Trinajstić information content (AvgIpc) is 2.60. The minimum Gasteiger partial charge on any atom is -0.496 e. The molecule has 0 bridgehead atoms. The van der Waals surface area contributed by atoms with E-state index in [1.54, 1.807) is 23.1 Å². The number of carbonyl (C=O) groups is 2. The minimum atomic E-state index is -0.280. The number of nitriles is 1. The highest BCUT2D eigenvalue weighted by atomic mass is 35.5. The predicted octanol–water partition coefficient (Wildman–Crippen LogP) is 2.23. The number of halogens is 1. The van der Waals surface area contributed by atoms with E-state index in [-0.39, 0.29) is 24.2 Å². The third kappa shape index (κ3) is 4.62. The largest absolute Gasteiger partial charge is 0.496 e. The standard InChI is InChI=1S/C17H20ClN3O3/c1-24-15-5-4-13(18)9-14(15)17(23)21-8-2-3-12(11-21)10-20-16(22)6-7-19/h4-5,9,12H,2-3,6,8,10-11H2,1H3,(H,20,22). The van der Waals surface area contributed by atoms with Crippen molar-refractivity contribution in [3.8, 4) is 11.8 Å². The summed E-state index contributed by atoms with van der Waals surface area (Å²) in [5, 5.41) is 11.7. The zero-order valence-electron chi connectivity index (χ0n) is 13.5. The van der Waals surface area contributed by atoms with Gasteiger partial charge in [-0.25, -0.2) is 0 Å². The molecule has 1 aromatic carbocycles. The first-order chi connectivity index (χ1) is 11.5. The van der Waals surface area contributed by atoms with Crippen LogP contribution >= 0.6 is 11.6 Å². The van der Waals surface area contributed by atoms with Crippen LogP contribution in [0.15, 0.2) is 18.2 Å². The van der Waals surface area contributed by atoms with Gasteiger partial charge in [0.1, 0.15) is 12.2 Å². The number of nitrogens with zero attached hydrogens (tertiary/aromatic N) is 2. The summed E-state index contributed by atoms with van der Waals surface area (Å²) in [6, 6.07) is 6.79. The molecule has 24 heavy (non-hydrogen) atoms. The van der Waals surface area contributed by atoms with Gasteiger partial charge in [-0.1, -0.05) is 11.6 Å². The number of hydrogen-bond donors (Lipinski definition) is 1. The van der Waals surface area contributed by atoms with E-state index in [4.69, 9.17) is 21.6 Å². The molecule has 1 atom stereocenters. The summed E-state index contributed by atoms with van der Waals surface area (Å²) in [4.78, 5) is 25.9. The summed E-state index contributed by atoms with van der Waals surface area (Å²) in [6.45, 7) is 1.69. The molecule has 0 saturated carbocycles. The third-order valence-electron chi connectivity index (χ3n) is 4.03. The molecule has 1 unspecified atom stereocenters. The molecule has 7 heteroatoms. The maximum absolute atomic E-state index is 12.8. The summed E-state index contributed by atoms with van der Waals surface area (Å²) in [7, 11) is 1.52. The van der Waals surface area contributed by atoms with Crippen molar-refractivity contribution in [2.24, 2.45) is 5.92 Å². The number of nitrogens with one attached hydrogen (secondary N) is 1. The fraction of sp³-hybridized carbons (Fsp3) is 0.471. The Hall–Kier alpha value is -2.26. The molecule has 2 amide bonds. The lowest BCUT2D eigenvalue weighted by atomic mass is 9.97. The van der Waals surface area contributed by atoms with Crippen molar-refractivity contribution in [3.05, 3.63) is 28.8 Å². The summed E-state index contributed by atoms with van der Waals surface area (Å²) < 4.78 is 5.25. The Morgan fingerprint density at radius 1 is 1.50 bits per heavy atom. The van der Waals surface area contributed by atoms with Crippen LogP contribution in [0.5, 0.6) is 5.75 Å². The highest BCUT2D eigenvalue weighted by Gasteiger charge is 2.26. The molecule has 1 heterocycles. The summed E-state index contributed by atoms with van der Waals surface area (Å²) in [6.07, 6.45) is 1.66. The number of likely N-dealkylation sites (tertiary alicyclic amines) is 1. The van der Waals surface area contributed by atoms with Crippen molar-refractivity contribution in [1.82, 2.24) is 10.2 Å². The van der Waals surface area contributed by atoms with E-state index in [1.165, 1.54) is 7.11 Å². The van der Waals surface area contributed by atoms with Crippen LogP contribution in [0.25, 0.3) is 0 Å². The van der Waals surface area contributed by atoms with Crippen molar-refractivity contribution >= 4 is 23.4 Å². The number of methoxy groups -OCH3 is 1. The molecule has 1 aliphatic heterocycles. The van der Waals surface area contributed by atoms with E-state index in [9.17, 15) is 9.59 Å². The second-order valence-corrected chi connectivity index (χ2v) is 6.18. The van der Waals surface area contributed by atoms with Crippen LogP contribution in [-0.2, 0) is 4.79 Å². The van der Waals surface area contributed by atoms with E-state index in [1.807, 2.05) is 6.07 Å². The molecule has 1 fully saturated rings. The van der Waals surface area contributed by atoms with Crippen molar-refractivity contribution in [3.63, 3.8) is 0 Å². The molecule has 0 aliphatic carbocycles. The Morgan fingerprint density at radius 3 is 3.00 bits per heavy atom. The quantitative estimate of drug-likeness (QED) is 0.883. The Balaban J connectivity index is 2.01. The van der Waals surface area contributed by atoms with Gasteiger partial charge in [-0.05, 0) is 37.0 Å². The summed E-state index contributed by atoms with van der Waals surface area (Å²) in [5.41, 5.74) is 0.444. The van der Waals surface area contributed by atoms with Crippen molar-refractivity contribution in [1.29, 1.82) is 5.26 Å². The zero-order valence-corrected chi connectivity index (χ0v) is 14.3. The molecule has 1 aliphatic rings. The van der Waals surface area contributed by atoms with Gasteiger partial charge in [0.15, 0.2) is 0 Å². The molecule has 1 aromatic rings. The van der Waals surface area contributed by atoms with Gasteiger partial charge in [0, 0.05) is 24.7 Å². The first kappa shape index (κ1) is 18.1. The van der Waals surface area contributed by atoms with Crippen LogP contribution in [-0.4, -0.2) is 43.5 Å². The third-order valence-corrected chi connectivity index (χ3v) is 4.26. The second kappa shape index (κ2) is 8.55. The fourth-order valence-corrected chi connectivity index (χ4v) is 3.00. The first-order valence-electron chi connectivity index (χ1n) is 7.81. The number of hydrogen-bond acceptors (Lipinski definition) is 4. The Bertz CT molecular complexity index is 657. The molecule has 1 saturated heterocycles. The van der Waals surface area contributed by atoms with Crippen LogP contribution < -0.4 is 10.1 Å². The highest BCUT2D eigenvalue weighted by molar-refractivity contribution is 6.31. The summed E-state index contributed by atoms with van der Waals surface area (Å²) in [5.74, 6) is 0.268. The lowest BCUT2D eigenvalue weighted by Gasteiger charge is -2.33. The molecule has 6 nitrogen and oxygen atoms in total. The molecule has 1 N–H and O–H groups in total. The smallest absolute Gasteiger partial charge is 0.257 e. The lowest BCUT2D eigenvalue weighted by Crippen LogP contribution is -2.43. The van der Waals surface area contributed by atoms with Crippen molar-refractivity contribution in [2.45, 2.75) is 19.3 Å². The number of piperidine rings is 1. The van der Waals surface area contributed by atoms with Crippen LogP contribution in [0.1, 0.15) is 29.6 Å². The van der Waals surface area contributed by atoms with Crippen molar-refractivity contribution in [2.75, 3.05) is 26.7 Å². The van der Waals surface area contributed by atoms with Gasteiger partial charge in [-0.2, -0.15) is 5.26 Å². The number of benzene rings is 1. The SMILES string of the molecule is COc1ccc(Cl)cc1C(=O)N1CCCC(CNC(=O)CC#N)C1. The Labute approximate surface area is 146 Å². The molecule has 128 valence electrons. The van der Waals surface area contributed by atoms with Gasteiger partial charge >= 0.3 is 0 Å². The molecule has 0 radical (unpaired) electrons. The van der Waals surface area contributed by atoms with Crippen LogP contribution in [0.3, 0.4) is 0 Å². The molecule has 2 rings (SSSR count). The number of rotatable bonds is 5. The highest BCUT2D eigenvalue weighted by Crippen LogP contribution is 2.26. The minimum absolute atomic E-state index is 0.123. The van der Waals surface area contributed by atoms with Gasteiger partial charge in [-0.3, -0.25) is 9.59 Å². The van der Waals surface area contributed by atoms with Gasteiger partial charge < -0.3 is 15.0 Å². The molecular weight excluding hydrogens is 330 g/mol. The van der Waals surface area contributed by atoms with E-state index in [2.05, 4.69) is 5.32 Å². The van der Waals surface area contributed by atoms with E-state index >= 15 is 0 Å². The predicted molar refractivity (Wildman–Crippen MR) is 89.9 cm³/mol. The average molecular weight is 350 g/mol. The summed E-state index contributed by atoms with van der Waals surface area (Å²) >= 11 is 6.00. The normalized spacial score (nSPS) is 17.0. The maximum atomic E-state index is 12.8.